The van der Waals surface area contributed by atoms with Crippen molar-refractivity contribution in [2.75, 3.05) is 5.32 Å². The van der Waals surface area contributed by atoms with Crippen molar-refractivity contribution < 1.29 is 18.3 Å². The van der Waals surface area contributed by atoms with Crippen molar-refractivity contribution >= 4 is 38.9 Å². The molecule has 0 aliphatic rings. The Bertz CT molecular complexity index is 1290. The number of anilines is 2. The number of nitrogens with zero attached hydrogens (tertiary/aromatic N) is 4. The van der Waals surface area contributed by atoms with Gasteiger partial charge in [0.2, 0.25) is 5.95 Å². The Balaban J connectivity index is 1.63. The third-order valence-corrected chi connectivity index (χ3v) is 6.44. The van der Waals surface area contributed by atoms with Crippen molar-refractivity contribution in [1.82, 2.24) is 19.9 Å². The van der Waals surface area contributed by atoms with E-state index in [0.717, 1.165) is 32.7 Å². The molecule has 170 valence electrons. The van der Waals surface area contributed by atoms with Gasteiger partial charge in [-0.25, -0.2) is 15.0 Å². The molecule has 6 nitrogen and oxygen atoms in total. The van der Waals surface area contributed by atoms with Gasteiger partial charge >= 0.3 is 6.18 Å². The SMILES string of the molecule is Cc1cc(Nc2nccc(C(F)(F)F)n2)cc(-c2cnc(C(C)(O)c3ccc(Br)cn3)s2)c1. The summed E-state index contributed by atoms with van der Waals surface area (Å²) < 4.78 is 39.6. The van der Waals surface area contributed by atoms with Crippen LogP contribution in [0.15, 0.2) is 59.5 Å². The molecule has 3 heterocycles. The van der Waals surface area contributed by atoms with Gasteiger partial charge in [-0.05, 0) is 71.2 Å². The summed E-state index contributed by atoms with van der Waals surface area (Å²) in [4.78, 5) is 16.9. The van der Waals surface area contributed by atoms with Crippen LogP contribution >= 0.6 is 27.3 Å². The number of aliphatic hydroxyl groups is 1. The van der Waals surface area contributed by atoms with Crippen LogP contribution in [0.3, 0.4) is 0 Å². The predicted molar refractivity (Wildman–Crippen MR) is 123 cm³/mol. The average Bonchev–Trinajstić information content (AvgIpc) is 3.25. The van der Waals surface area contributed by atoms with Gasteiger partial charge in [-0.2, -0.15) is 13.2 Å². The molecule has 4 aromatic rings. The lowest BCUT2D eigenvalue weighted by molar-refractivity contribution is -0.141. The van der Waals surface area contributed by atoms with E-state index in [4.69, 9.17) is 0 Å². The summed E-state index contributed by atoms with van der Waals surface area (Å²) in [6, 6.07) is 9.78. The number of hydrogen-bond donors (Lipinski definition) is 2. The number of aryl methyl sites for hydroxylation is 1. The molecule has 1 unspecified atom stereocenters. The van der Waals surface area contributed by atoms with Gasteiger partial charge in [0.1, 0.15) is 10.7 Å². The van der Waals surface area contributed by atoms with Gasteiger partial charge in [-0.3, -0.25) is 4.98 Å². The minimum Gasteiger partial charge on any atom is -0.377 e. The largest absolute Gasteiger partial charge is 0.433 e. The number of pyridine rings is 1. The van der Waals surface area contributed by atoms with Crippen LogP contribution in [0.4, 0.5) is 24.8 Å². The zero-order valence-corrected chi connectivity index (χ0v) is 19.8. The fourth-order valence-electron chi connectivity index (χ4n) is 3.11. The monoisotopic (exact) mass is 535 g/mol. The van der Waals surface area contributed by atoms with Gasteiger partial charge in [-0.1, -0.05) is 6.07 Å². The quantitative estimate of drug-likeness (QED) is 0.322. The number of nitrogens with one attached hydrogen (secondary N) is 1. The van der Waals surface area contributed by atoms with Gasteiger partial charge < -0.3 is 10.4 Å². The van der Waals surface area contributed by atoms with Crippen molar-refractivity contribution in [3.8, 4) is 10.4 Å². The van der Waals surface area contributed by atoms with Gasteiger partial charge in [0.15, 0.2) is 5.60 Å². The molecule has 0 bridgehead atoms. The molecule has 0 saturated heterocycles. The van der Waals surface area contributed by atoms with E-state index in [2.05, 4.69) is 41.2 Å². The summed E-state index contributed by atoms with van der Waals surface area (Å²) in [7, 11) is 0. The maximum absolute atomic E-state index is 12.9. The average molecular weight is 536 g/mol. The molecule has 33 heavy (non-hydrogen) atoms. The molecule has 1 atom stereocenters. The van der Waals surface area contributed by atoms with Crippen LogP contribution in [0.5, 0.6) is 0 Å². The molecule has 3 aromatic heterocycles. The Labute approximate surface area is 199 Å². The molecular formula is C22H17BrF3N5OS. The van der Waals surface area contributed by atoms with E-state index in [0.29, 0.717) is 16.4 Å². The van der Waals surface area contributed by atoms with Crippen molar-refractivity contribution in [3.63, 3.8) is 0 Å². The number of alkyl halides is 3. The maximum atomic E-state index is 12.9. The number of benzene rings is 1. The lowest BCUT2D eigenvalue weighted by Gasteiger charge is -2.19. The van der Waals surface area contributed by atoms with E-state index in [-0.39, 0.29) is 5.95 Å². The molecule has 0 radical (unpaired) electrons. The fourth-order valence-corrected chi connectivity index (χ4v) is 4.30. The molecular weight excluding hydrogens is 519 g/mol. The van der Waals surface area contributed by atoms with Crippen molar-refractivity contribution in [2.45, 2.75) is 25.6 Å². The Morgan fingerprint density at radius 3 is 2.48 bits per heavy atom. The Kier molecular flexibility index (Phi) is 6.21. The van der Waals surface area contributed by atoms with Crippen LogP contribution in [0, 0.1) is 6.92 Å². The third kappa shape index (κ3) is 5.21. The number of halogens is 4. The summed E-state index contributed by atoms with van der Waals surface area (Å²) >= 11 is 4.63. The predicted octanol–water partition coefficient (Wildman–Crippen LogP) is 6.08. The Morgan fingerprint density at radius 1 is 1.00 bits per heavy atom. The van der Waals surface area contributed by atoms with E-state index >= 15 is 0 Å². The maximum Gasteiger partial charge on any atom is 0.433 e. The van der Waals surface area contributed by atoms with E-state index < -0.39 is 17.5 Å². The summed E-state index contributed by atoms with van der Waals surface area (Å²) in [5, 5.41) is 14.3. The summed E-state index contributed by atoms with van der Waals surface area (Å²) in [5.41, 5.74) is 0.232. The van der Waals surface area contributed by atoms with Gasteiger partial charge in [-0.15, -0.1) is 11.3 Å². The zero-order chi connectivity index (χ0) is 23.8. The van der Waals surface area contributed by atoms with Crippen molar-refractivity contribution in [1.29, 1.82) is 0 Å². The Morgan fingerprint density at radius 2 is 1.79 bits per heavy atom. The van der Waals surface area contributed by atoms with E-state index in [1.807, 2.05) is 13.0 Å². The number of rotatable bonds is 5. The van der Waals surface area contributed by atoms with E-state index in [9.17, 15) is 18.3 Å². The van der Waals surface area contributed by atoms with Gasteiger partial charge in [0.25, 0.3) is 0 Å². The first kappa shape index (κ1) is 23.3. The van der Waals surface area contributed by atoms with Crippen LogP contribution in [0.2, 0.25) is 0 Å². The van der Waals surface area contributed by atoms with E-state index in [1.165, 1.54) is 11.3 Å². The van der Waals surface area contributed by atoms with E-state index in [1.54, 1.807) is 43.6 Å². The molecule has 0 spiro atoms. The van der Waals surface area contributed by atoms with Crippen LogP contribution in [-0.4, -0.2) is 25.0 Å². The Hall–Kier alpha value is -2.89. The summed E-state index contributed by atoms with van der Waals surface area (Å²) in [5.74, 6) is -0.157. The molecule has 0 amide bonds. The molecule has 0 fully saturated rings. The van der Waals surface area contributed by atoms with Crippen LogP contribution < -0.4 is 5.32 Å². The molecule has 11 heteroatoms. The normalized spacial score (nSPS) is 13.5. The van der Waals surface area contributed by atoms with Crippen LogP contribution in [0.1, 0.15) is 28.9 Å². The van der Waals surface area contributed by atoms with Crippen LogP contribution in [0.25, 0.3) is 10.4 Å². The van der Waals surface area contributed by atoms with Crippen molar-refractivity contribution in [3.05, 3.63) is 81.4 Å². The second-order valence-corrected chi connectivity index (χ2v) is 9.39. The number of hydrogen-bond acceptors (Lipinski definition) is 7. The molecule has 0 aliphatic carbocycles. The highest BCUT2D eigenvalue weighted by molar-refractivity contribution is 9.10. The summed E-state index contributed by atoms with van der Waals surface area (Å²) in [6.07, 6.45) is -0.251. The summed E-state index contributed by atoms with van der Waals surface area (Å²) in [6.45, 7) is 3.49. The smallest absolute Gasteiger partial charge is 0.377 e. The fraction of sp³-hybridized carbons (Fsp3) is 0.182. The molecule has 4 rings (SSSR count). The van der Waals surface area contributed by atoms with Gasteiger partial charge in [0, 0.05) is 28.8 Å². The second-order valence-electron chi connectivity index (χ2n) is 7.44. The highest BCUT2D eigenvalue weighted by Crippen LogP contribution is 2.37. The first-order chi connectivity index (χ1) is 15.5. The second kappa shape index (κ2) is 8.81. The third-order valence-electron chi connectivity index (χ3n) is 4.71. The number of thiazole rings is 1. The highest BCUT2D eigenvalue weighted by atomic mass is 79.9. The zero-order valence-electron chi connectivity index (χ0n) is 17.4. The lowest BCUT2D eigenvalue weighted by Crippen LogP contribution is -2.23. The highest BCUT2D eigenvalue weighted by Gasteiger charge is 2.33. The van der Waals surface area contributed by atoms with Gasteiger partial charge in [0.05, 0.1) is 10.6 Å². The molecule has 0 saturated carbocycles. The van der Waals surface area contributed by atoms with Crippen LogP contribution in [-0.2, 0) is 11.8 Å². The first-order valence-corrected chi connectivity index (χ1v) is 11.2. The molecule has 1 aromatic carbocycles. The topological polar surface area (TPSA) is 83.8 Å². The molecule has 2 N–H and O–H groups in total. The lowest BCUT2D eigenvalue weighted by atomic mass is 10.0. The minimum absolute atomic E-state index is 0.157. The minimum atomic E-state index is -4.56. The molecule has 0 aliphatic heterocycles. The number of aromatic nitrogens is 4. The van der Waals surface area contributed by atoms with Crippen molar-refractivity contribution in [2.24, 2.45) is 0 Å². The standard InChI is InChI=1S/C22H17BrF3N5OS/c1-12-7-13(9-15(8-12)30-20-27-6-5-18(31-20)22(24,25)26)16-11-29-19(33-16)21(2,32)17-4-3-14(23)10-28-17/h3-11,32H,1-2H3,(H,27,30,31). The first-order valence-electron chi connectivity index (χ1n) is 9.62.